The molecule has 0 aromatic rings. The number of esters is 1. The van der Waals surface area contributed by atoms with E-state index in [4.69, 9.17) is 14.6 Å². The third-order valence-electron chi connectivity index (χ3n) is 2.94. The van der Waals surface area contributed by atoms with E-state index >= 15 is 0 Å². The summed E-state index contributed by atoms with van der Waals surface area (Å²) in [6.45, 7) is 1.76. The van der Waals surface area contributed by atoms with E-state index in [1.165, 1.54) is 0 Å². The molecule has 1 saturated heterocycles. The number of hydrogen-bond donors (Lipinski definition) is 2. The van der Waals surface area contributed by atoms with Gasteiger partial charge in [-0.2, -0.15) is 0 Å². The van der Waals surface area contributed by atoms with Gasteiger partial charge in [0.15, 0.2) is 0 Å². The quantitative estimate of drug-likeness (QED) is 0.713. The van der Waals surface area contributed by atoms with Crippen molar-refractivity contribution in [3.05, 3.63) is 0 Å². The van der Waals surface area contributed by atoms with Crippen LogP contribution in [0.4, 0.5) is 4.79 Å². The van der Waals surface area contributed by atoms with Gasteiger partial charge in [0, 0.05) is 7.11 Å². The Bertz CT molecular complexity index is 281. The summed E-state index contributed by atoms with van der Waals surface area (Å²) in [5, 5.41) is 10.8. The SMILES string of the molecule is COC1CCCC[C@H](NC(=O)O)C(=O)OC1C. The molecule has 0 saturated carbocycles. The number of methoxy groups -OCH3 is 1. The molecule has 1 aliphatic rings. The number of carbonyl (C=O) groups is 2. The first-order valence-electron chi connectivity index (χ1n) is 5.77. The molecule has 0 spiro atoms. The number of hydrogen-bond acceptors (Lipinski definition) is 4. The monoisotopic (exact) mass is 245 g/mol. The first-order valence-corrected chi connectivity index (χ1v) is 5.77. The maximum atomic E-state index is 11.7. The average Bonchev–Trinajstić information content (AvgIpc) is 2.31. The van der Waals surface area contributed by atoms with Crippen molar-refractivity contribution < 1.29 is 24.2 Å². The summed E-state index contributed by atoms with van der Waals surface area (Å²) in [6, 6.07) is -0.773. The van der Waals surface area contributed by atoms with Gasteiger partial charge in [-0.15, -0.1) is 0 Å². The van der Waals surface area contributed by atoms with Crippen molar-refractivity contribution in [3.63, 3.8) is 0 Å². The highest BCUT2D eigenvalue weighted by Crippen LogP contribution is 2.17. The zero-order valence-electron chi connectivity index (χ0n) is 10.1. The first kappa shape index (κ1) is 13.8. The van der Waals surface area contributed by atoms with E-state index in [9.17, 15) is 9.59 Å². The summed E-state index contributed by atoms with van der Waals surface area (Å²) >= 11 is 0. The normalized spacial score (nSPS) is 30.7. The van der Waals surface area contributed by atoms with Crippen LogP contribution in [0.15, 0.2) is 0 Å². The molecule has 0 bridgehead atoms. The maximum Gasteiger partial charge on any atom is 0.405 e. The second-order valence-electron chi connectivity index (χ2n) is 4.20. The van der Waals surface area contributed by atoms with Gasteiger partial charge in [0.1, 0.15) is 12.1 Å². The van der Waals surface area contributed by atoms with Gasteiger partial charge in [-0.25, -0.2) is 9.59 Å². The third-order valence-corrected chi connectivity index (χ3v) is 2.94. The lowest BCUT2D eigenvalue weighted by Crippen LogP contribution is -2.43. The average molecular weight is 245 g/mol. The topological polar surface area (TPSA) is 84.9 Å². The standard InChI is InChI=1S/C11H19NO5/c1-7-9(16-2)6-4-3-5-8(10(13)17-7)12-11(14)15/h7-9,12H,3-6H2,1-2H3,(H,14,15)/t7?,8-,9?/m0/s1. The number of amides is 1. The van der Waals surface area contributed by atoms with Crippen molar-refractivity contribution >= 4 is 12.1 Å². The molecule has 98 valence electrons. The van der Waals surface area contributed by atoms with Crippen molar-refractivity contribution in [2.24, 2.45) is 0 Å². The van der Waals surface area contributed by atoms with Crippen molar-refractivity contribution in [2.75, 3.05) is 7.11 Å². The Morgan fingerprint density at radius 2 is 2.12 bits per heavy atom. The molecule has 1 aliphatic heterocycles. The van der Waals surface area contributed by atoms with Crippen LogP contribution >= 0.6 is 0 Å². The van der Waals surface area contributed by atoms with Gasteiger partial charge in [0.05, 0.1) is 6.10 Å². The zero-order valence-corrected chi connectivity index (χ0v) is 10.1. The molecule has 2 unspecified atom stereocenters. The van der Waals surface area contributed by atoms with Crippen LogP contribution in [0.25, 0.3) is 0 Å². The molecule has 6 heteroatoms. The lowest BCUT2D eigenvalue weighted by Gasteiger charge is -2.22. The van der Waals surface area contributed by atoms with E-state index in [0.717, 1.165) is 19.3 Å². The molecular weight excluding hydrogens is 226 g/mol. The highest BCUT2D eigenvalue weighted by atomic mass is 16.6. The Kier molecular flexibility index (Phi) is 5.21. The summed E-state index contributed by atoms with van der Waals surface area (Å²) < 4.78 is 10.4. The van der Waals surface area contributed by atoms with Crippen LogP contribution in [-0.4, -0.2) is 42.5 Å². The highest BCUT2D eigenvalue weighted by molar-refractivity contribution is 5.80. The first-order chi connectivity index (χ1) is 8.04. The molecule has 2 N–H and O–H groups in total. The molecule has 1 fully saturated rings. The maximum absolute atomic E-state index is 11.7. The number of carbonyl (C=O) groups excluding carboxylic acids is 1. The molecule has 1 rings (SSSR count). The van der Waals surface area contributed by atoms with Crippen LogP contribution in [0, 0.1) is 0 Å². The van der Waals surface area contributed by atoms with Crippen LogP contribution < -0.4 is 5.32 Å². The minimum absolute atomic E-state index is 0.123. The van der Waals surface area contributed by atoms with E-state index in [2.05, 4.69) is 5.32 Å². The van der Waals surface area contributed by atoms with Gasteiger partial charge in [0.25, 0.3) is 0 Å². The summed E-state index contributed by atoms with van der Waals surface area (Å²) in [5.41, 5.74) is 0. The number of cyclic esters (lactones) is 1. The molecule has 1 amide bonds. The van der Waals surface area contributed by atoms with E-state index in [1.807, 2.05) is 0 Å². The molecule has 3 atom stereocenters. The van der Waals surface area contributed by atoms with Crippen LogP contribution in [0.5, 0.6) is 0 Å². The fourth-order valence-corrected chi connectivity index (χ4v) is 1.98. The third kappa shape index (κ3) is 4.22. The second-order valence-corrected chi connectivity index (χ2v) is 4.20. The summed E-state index contributed by atoms with van der Waals surface area (Å²) in [5.74, 6) is -0.524. The van der Waals surface area contributed by atoms with Gasteiger partial charge >= 0.3 is 12.1 Å². The molecule has 6 nitrogen and oxygen atoms in total. The Morgan fingerprint density at radius 3 is 2.71 bits per heavy atom. The van der Waals surface area contributed by atoms with Crippen molar-refractivity contribution in [2.45, 2.75) is 50.9 Å². The molecule has 0 aromatic carbocycles. The van der Waals surface area contributed by atoms with Crippen molar-refractivity contribution in [1.82, 2.24) is 5.32 Å². The molecule has 1 heterocycles. The number of carboxylic acid groups (broad SMARTS) is 1. The van der Waals surface area contributed by atoms with E-state index in [1.54, 1.807) is 14.0 Å². The fourth-order valence-electron chi connectivity index (χ4n) is 1.98. The summed E-state index contributed by atoms with van der Waals surface area (Å²) in [7, 11) is 1.58. The number of ether oxygens (including phenoxy) is 2. The van der Waals surface area contributed by atoms with Gasteiger partial charge in [-0.3, -0.25) is 0 Å². The Balaban J connectivity index is 2.66. The highest BCUT2D eigenvalue weighted by Gasteiger charge is 2.28. The molecule has 17 heavy (non-hydrogen) atoms. The summed E-state index contributed by atoms with van der Waals surface area (Å²) in [4.78, 5) is 22.3. The largest absolute Gasteiger partial charge is 0.465 e. The number of nitrogens with one attached hydrogen (secondary N) is 1. The van der Waals surface area contributed by atoms with E-state index in [-0.39, 0.29) is 12.2 Å². The minimum Gasteiger partial charge on any atom is -0.465 e. The molecule has 0 aliphatic carbocycles. The number of rotatable bonds is 2. The summed E-state index contributed by atoms with van der Waals surface area (Å²) in [6.07, 6.45) is 1.25. The lowest BCUT2D eigenvalue weighted by atomic mass is 10.1. The zero-order chi connectivity index (χ0) is 12.8. The lowest BCUT2D eigenvalue weighted by molar-refractivity contribution is -0.157. The van der Waals surface area contributed by atoms with Crippen LogP contribution in [0.3, 0.4) is 0 Å². The van der Waals surface area contributed by atoms with Crippen molar-refractivity contribution in [3.8, 4) is 0 Å². The molecule has 0 radical (unpaired) electrons. The van der Waals surface area contributed by atoms with E-state index < -0.39 is 18.1 Å². The fraction of sp³-hybridized carbons (Fsp3) is 0.818. The van der Waals surface area contributed by atoms with E-state index in [0.29, 0.717) is 6.42 Å². The minimum atomic E-state index is -1.21. The van der Waals surface area contributed by atoms with Gasteiger partial charge in [-0.1, -0.05) is 12.8 Å². The Morgan fingerprint density at radius 1 is 1.47 bits per heavy atom. The van der Waals surface area contributed by atoms with Gasteiger partial charge in [-0.05, 0) is 19.8 Å². The van der Waals surface area contributed by atoms with Gasteiger partial charge in [0.2, 0.25) is 0 Å². The smallest absolute Gasteiger partial charge is 0.405 e. The predicted octanol–water partition coefficient (Wildman–Crippen LogP) is 1.14. The predicted molar refractivity (Wildman–Crippen MR) is 59.8 cm³/mol. The van der Waals surface area contributed by atoms with Crippen LogP contribution in [0.2, 0.25) is 0 Å². The van der Waals surface area contributed by atoms with Crippen LogP contribution in [-0.2, 0) is 14.3 Å². The second kappa shape index (κ2) is 6.44. The van der Waals surface area contributed by atoms with Crippen LogP contribution in [0.1, 0.15) is 32.6 Å². The Hall–Kier alpha value is -1.30. The molecular formula is C11H19NO5. The van der Waals surface area contributed by atoms with Crippen molar-refractivity contribution in [1.29, 1.82) is 0 Å². The van der Waals surface area contributed by atoms with Gasteiger partial charge < -0.3 is 19.9 Å². The molecule has 0 aromatic heterocycles. The Labute approximate surface area is 100 Å².